The van der Waals surface area contributed by atoms with E-state index in [-0.39, 0.29) is 5.92 Å². The standard InChI is InChI=1S/C54H35N/c1-5-17-44-40(15-1)34-52(50-23-11-9-21-48(44)50)36-25-29-42(30-26-36)55(54-46-19-7-3-13-38(46)33-39-14-4-8-20-47(39)54)43-31-27-37(28-32-43)53-35-41-16-2-6-18-45(41)49-22-10-12-24-51(49)53/h1,3-15,17-25,27-36H,26H2. The smallest absolute Gasteiger partial charge is 0.0618 e. The molecule has 0 bridgehead atoms. The van der Waals surface area contributed by atoms with Crippen LogP contribution in [0.2, 0.25) is 0 Å². The first kappa shape index (κ1) is 31.4. The Morgan fingerprint density at radius 3 is 1.75 bits per heavy atom. The highest BCUT2D eigenvalue weighted by molar-refractivity contribution is 6.15. The van der Waals surface area contributed by atoms with Gasteiger partial charge in [0.25, 0.3) is 0 Å². The molecule has 1 aliphatic carbocycles. The van der Waals surface area contributed by atoms with E-state index in [4.69, 9.17) is 0 Å². The molecular formula is C54H35N. The Morgan fingerprint density at radius 2 is 1.07 bits per heavy atom. The predicted molar refractivity (Wildman–Crippen MR) is 234 cm³/mol. The summed E-state index contributed by atoms with van der Waals surface area (Å²) in [5.41, 5.74) is 7.27. The van der Waals surface area contributed by atoms with E-state index in [2.05, 4.69) is 205 Å². The Kier molecular flexibility index (Phi) is 7.29. The van der Waals surface area contributed by atoms with Crippen molar-refractivity contribution in [1.29, 1.82) is 0 Å². The Hall–Kier alpha value is -7.14. The lowest BCUT2D eigenvalue weighted by molar-refractivity contribution is 0.849. The van der Waals surface area contributed by atoms with Crippen molar-refractivity contribution in [2.24, 2.45) is 0 Å². The highest BCUT2D eigenvalue weighted by atomic mass is 15.1. The van der Waals surface area contributed by atoms with Crippen molar-refractivity contribution in [1.82, 2.24) is 0 Å². The highest BCUT2D eigenvalue weighted by Crippen LogP contribution is 2.45. The van der Waals surface area contributed by atoms with Crippen molar-refractivity contribution >= 4 is 76.0 Å². The van der Waals surface area contributed by atoms with Gasteiger partial charge in [0.15, 0.2) is 0 Å². The molecule has 0 spiro atoms. The molecule has 10 aromatic rings. The van der Waals surface area contributed by atoms with Crippen LogP contribution in [0, 0.1) is 12.1 Å². The summed E-state index contributed by atoms with van der Waals surface area (Å²) < 4.78 is 0. The van der Waals surface area contributed by atoms with E-state index in [1.54, 1.807) is 0 Å². The molecule has 0 fully saturated rings. The van der Waals surface area contributed by atoms with E-state index >= 15 is 0 Å². The van der Waals surface area contributed by atoms with Gasteiger partial charge in [-0.3, -0.25) is 0 Å². The van der Waals surface area contributed by atoms with Crippen LogP contribution in [0.1, 0.15) is 17.9 Å². The lowest BCUT2D eigenvalue weighted by atomic mass is 9.85. The van der Waals surface area contributed by atoms with Gasteiger partial charge in [-0.1, -0.05) is 158 Å². The van der Waals surface area contributed by atoms with Gasteiger partial charge < -0.3 is 4.90 Å². The maximum absolute atomic E-state index is 3.37. The van der Waals surface area contributed by atoms with Gasteiger partial charge in [0.2, 0.25) is 0 Å². The number of hydrogen-bond donors (Lipinski definition) is 0. The minimum absolute atomic E-state index is 0.266. The van der Waals surface area contributed by atoms with Crippen LogP contribution in [0.4, 0.5) is 11.4 Å². The maximum Gasteiger partial charge on any atom is 0.0618 e. The normalized spacial score (nSPS) is 14.2. The first-order valence-electron chi connectivity index (χ1n) is 19.1. The Bertz CT molecular complexity index is 3130. The van der Waals surface area contributed by atoms with Gasteiger partial charge in [0.05, 0.1) is 5.69 Å². The number of rotatable bonds is 5. The first-order valence-corrected chi connectivity index (χ1v) is 19.1. The van der Waals surface area contributed by atoms with Crippen molar-refractivity contribution in [3.8, 4) is 11.1 Å². The fourth-order valence-electron chi connectivity index (χ4n) is 8.99. The van der Waals surface area contributed by atoms with E-state index < -0.39 is 0 Å². The fourth-order valence-corrected chi connectivity index (χ4v) is 8.99. The fraction of sp³-hybridized carbons (Fsp3) is 0.0370. The molecule has 0 saturated carbocycles. The highest BCUT2D eigenvalue weighted by Gasteiger charge is 2.23. The second-order valence-electron chi connectivity index (χ2n) is 14.6. The van der Waals surface area contributed by atoms with E-state index in [0.29, 0.717) is 0 Å². The number of nitrogens with zero attached hydrogens (tertiary/aromatic N) is 1. The van der Waals surface area contributed by atoms with E-state index in [1.807, 2.05) is 6.07 Å². The zero-order valence-electron chi connectivity index (χ0n) is 30.2. The third kappa shape index (κ3) is 5.19. The second kappa shape index (κ2) is 12.8. The molecule has 0 N–H and O–H groups in total. The van der Waals surface area contributed by atoms with Crippen LogP contribution < -0.4 is 4.90 Å². The van der Waals surface area contributed by atoms with Crippen LogP contribution >= 0.6 is 0 Å². The average Bonchev–Trinajstić information content (AvgIpc) is 3.26. The van der Waals surface area contributed by atoms with Crippen LogP contribution in [0.3, 0.4) is 0 Å². The number of benzene rings is 9. The van der Waals surface area contributed by atoms with Crippen molar-refractivity contribution in [2.75, 3.05) is 4.90 Å². The van der Waals surface area contributed by atoms with Crippen molar-refractivity contribution in [3.63, 3.8) is 0 Å². The molecule has 0 saturated heterocycles. The third-order valence-electron chi connectivity index (χ3n) is 11.6. The molecule has 1 nitrogen and oxygen atoms in total. The van der Waals surface area contributed by atoms with Gasteiger partial charge in [0, 0.05) is 33.5 Å². The molecule has 1 unspecified atom stereocenters. The minimum Gasteiger partial charge on any atom is -0.310 e. The molecule has 0 heterocycles. The molecule has 0 aromatic heterocycles. The van der Waals surface area contributed by atoms with Gasteiger partial charge >= 0.3 is 0 Å². The summed E-state index contributed by atoms with van der Waals surface area (Å²) in [6.45, 7) is 0. The summed E-state index contributed by atoms with van der Waals surface area (Å²) in [5.74, 6) is 0.266. The lowest BCUT2D eigenvalue weighted by Crippen LogP contribution is -2.18. The monoisotopic (exact) mass is 697 g/mol. The molecular weight excluding hydrogens is 663 g/mol. The summed E-state index contributed by atoms with van der Waals surface area (Å²) in [6, 6.07) is 70.8. The summed E-state index contributed by atoms with van der Waals surface area (Å²) in [6.07, 6.45) is 8.13. The molecule has 1 aliphatic rings. The summed E-state index contributed by atoms with van der Waals surface area (Å²) in [5, 5.41) is 14.9. The van der Waals surface area contributed by atoms with Crippen molar-refractivity contribution in [3.05, 3.63) is 218 Å². The largest absolute Gasteiger partial charge is 0.310 e. The quantitative estimate of drug-likeness (QED) is 0.128. The first-order chi connectivity index (χ1) is 27.3. The number of hydrogen-bond acceptors (Lipinski definition) is 1. The average molecular weight is 698 g/mol. The van der Waals surface area contributed by atoms with Gasteiger partial charge in [-0.2, -0.15) is 0 Å². The minimum atomic E-state index is 0.266. The van der Waals surface area contributed by atoms with E-state index in [0.717, 1.165) is 17.5 Å². The van der Waals surface area contributed by atoms with Crippen LogP contribution in [0.25, 0.3) is 75.8 Å². The summed E-state index contributed by atoms with van der Waals surface area (Å²) in [7, 11) is 0. The van der Waals surface area contributed by atoms with Crippen LogP contribution in [-0.4, -0.2) is 0 Å². The molecule has 0 radical (unpaired) electrons. The van der Waals surface area contributed by atoms with Gasteiger partial charge in [-0.25, -0.2) is 0 Å². The zero-order chi connectivity index (χ0) is 36.3. The SMILES string of the molecule is c1ccc2c(c#1)cc(-c1ccc(N(C3=CCC(c4cc5ccccc5c5ccccc45)C=C3)c3c4ccccc4cc4ccccc34)cc1)c1ccccc12. The maximum atomic E-state index is 3.37. The van der Waals surface area contributed by atoms with Crippen LogP contribution in [0.5, 0.6) is 0 Å². The van der Waals surface area contributed by atoms with Gasteiger partial charge in [-0.15, -0.1) is 0 Å². The van der Waals surface area contributed by atoms with Crippen molar-refractivity contribution < 1.29 is 0 Å². The Labute approximate surface area is 320 Å². The van der Waals surface area contributed by atoms with Crippen molar-refractivity contribution in [2.45, 2.75) is 12.3 Å². The molecule has 1 heteroatoms. The lowest BCUT2D eigenvalue weighted by Gasteiger charge is -2.31. The second-order valence-corrected chi connectivity index (χ2v) is 14.6. The van der Waals surface area contributed by atoms with Gasteiger partial charge in [0.1, 0.15) is 0 Å². The molecule has 0 aliphatic heterocycles. The van der Waals surface area contributed by atoms with E-state index in [9.17, 15) is 0 Å². The summed E-state index contributed by atoms with van der Waals surface area (Å²) >= 11 is 0. The molecule has 256 valence electrons. The Balaban J connectivity index is 1.07. The van der Waals surface area contributed by atoms with E-state index in [1.165, 1.54) is 87.3 Å². The topological polar surface area (TPSA) is 3.24 Å². The Morgan fingerprint density at radius 1 is 0.491 bits per heavy atom. The molecule has 11 rings (SSSR count). The van der Waals surface area contributed by atoms with Crippen LogP contribution in [0.15, 0.2) is 200 Å². The zero-order valence-corrected chi connectivity index (χ0v) is 30.2. The molecule has 1 atom stereocenters. The number of anilines is 2. The molecule has 10 aromatic carbocycles. The third-order valence-corrected chi connectivity index (χ3v) is 11.6. The molecule has 55 heavy (non-hydrogen) atoms. The summed E-state index contributed by atoms with van der Waals surface area (Å²) in [4.78, 5) is 2.49. The van der Waals surface area contributed by atoms with Gasteiger partial charge in [-0.05, 0) is 120 Å². The number of fused-ring (bicyclic) bond motifs is 8. The number of allylic oxidation sites excluding steroid dienone is 3. The van der Waals surface area contributed by atoms with Crippen LogP contribution in [-0.2, 0) is 0 Å². The predicted octanol–water partition coefficient (Wildman–Crippen LogP) is 14.6. The molecule has 0 amide bonds.